The van der Waals surface area contributed by atoms with Crippen molar-refractivity contribution < 1.29 is 14.3 Å². The Morgan fingerprint density at radius 1 is 1.19 bits per heavy atom. The molecule has 148 valence electrons. The summed E-state index contributed by atoms with van der Waals surface area (Å²) in [6, 6.07) is 8.27. The van der Waals surface area contributed by atoms with Crippen LogP contribution in [0.25, 0.3) is 0 Å². The molecular weight excluding hydrogens is 377 g/mol. The van der Waals surface area contributed by atoms with Gasteiger partial charge in [-0.2, -0.15) is 0 Å². The topological polar surface area (TPSA) is 54.0 Å². The van der Waals surface area contributed by atoms with E-state index in [0.717, 1.165) is 45.0 Å². The first-order valence-electron chi connectivity index (χ1n) is 8.81. The smallest absolute Gasteiger partial charge is 0.253 e. The minimum Gasteiger partial charge on any atom is -0.494 e. The highest BCUT2D eigenvalue weighted by atomic mass is 35.5. The average Bonchev–Trinajstić information content (AvgIpc) is 2.64. The third-order valence-corrected chi connectivity index (χ3v) is 4.53. The fourth-order valence-electron chi connectivity index (χ4n) is 3.17. The number of benzene rings is 1. The van der Waals surface area contributed by atoms with E-state index in [1.54, 1.807) is 0 Å². The predicted molar refractivity (Wildman–Crippen MR) is 107 cm³/mol. The minimum absolute atomic E-state index is 0. The maximum absolute atomic E-state index is 12.4. The summed E-state index contributed by atoms with van der Waals surface area (Å²) < 4.78 is 11.0. The molecule has 0 bridgehead atoms. The van der Waals surface area contributed by atoms with Crippen molar-refractivity contribution in [2.45, 2.75) is 19.6 Å². The molecule has 3 rings (SSSR count). The molecule has 1 N–H and O–H groups in total. The molecule has 2 aliphatic heterocycles. The molecule has 1 unspecified atom stereocenters. The van der Waals surface area contributed by atoms with Crippen LogP contribution in [0, 0.1) is 0 Å². The first-order valence-corrected chi connectivity index (χ1v) is 8.81. The highest BCUT2D eigenvalue weighted by Crippen LogP contribution is 2.15. The molecule has 1 amide bonds. The summed E-state index contributed by atoms with van der Waals surface area (Å²) in [5, 5.41) is 3.22. The molecule has 1 atom stereocenters. The number of nitrogens with zero attached hydrogens (tertiary/aromatic N) is 2. The van der Waals surface area contributed by atoms with Gasteiger partial charge in [-0.1, -0.05) is 12.1 Å². The number of amides is 1. The van der Waals surface area contributed by atoms with Gasteiger partial charge in [0.25, 0.3) is 5.91 Å². The van der Waals surface area contributed by atoms with Gasteiger partial charge in [0, 0.05) is 45.8 Å². The second-order valence-electron chi connectivity index (χ2n) is 6.24. The summed E-state index contributed by atoms with van der Waals surface area (Å²) >= 11 is 0. The van der Waals surface area contributed by atoms with Crippen LogP contribution in [-0.4, -0.2) is 74.3 Å². The second-order valence-corrected chi connectivity index (χ2v) is 6.24. The number of carbonyl (C=O) groups is 1. The van der Waals surface area contributed by atoms with Crippen molar-refractivity contribution in [3.05, 3.63) is 29.8 Å². The van der Waals surface area contributed by atoms with E-state index in [2.05, 4.69) is 22.3 Å². The molecule has 26 heavy (non-hydrogen) atoms. The number of ether oxygens (including phenoxy) is 2. The second kappa shape index (κ2) is 11.6. The van der Waals surface area contributed by atoms with Gasteiger partial charge in [0.05, 0.1) is 13.2 Å². The van der Waals surface area contributed by atoms with Crippen LogP contribution in [0.2, 0.25) is 0 Å². The zero-order valence-electron chi connectivity index (χ0n) is 15.2. The van der Waals surface area contributed by atoms with Gasteiger partial charge >= 0.3 is 0 Å². The maximum atomic E-state index is 12.4. The summed E-state index contributed by atoms with van der Waals surface area (Å²) in [6.45, 7) is 9.03. The Bertz CT molecular complexity index is 531. The van der Waals surface area contributed by atoms with Crippen LogP contribution in [0.3, 0.4) is 0 Å². The molecule has 2 aliphatic rings. The van der Waals surface area contributed by atoms with Gasteiger partial charge in [-0.15, -0.1) is 24.8 Å². The van der Waals surface area contributed by atoms with E-state index >= 15 is 0 Å². The summed E-state index contributed by atoms with van der Waals surface area (Å²) in [6.07, 6.45) is -0.309. The van der Waals surface area contributed by atoms with Gasteiger partial charge in [0.1, 0.15) is 11.9 Å². The lowest BCUT2D eigenvalue weighted by Crippen LogP contribution is -2.54. The van der Waals surface area contributed by atoms with E-state index in [1.165, 1.54) is 5.56 Å². The molecule has 6 nitrogen and oxygen atoms in total. The first kappa shape index (κ1) is 23.0. The highest BCUT2D eigenvalue weighted by molar-refractivity contribution is 5.85. The SMILES string of the molecule is CCOc1ccc(CN2CCN(C(=O)C3CNCCO3)CC2)cc1.Cl.Cl. The summed E-state index contributed by atoms with van der Waals surface area (Å²) in [7, 11) is 0. The Morgan fingerprint density at radius 3 is 2.46 bits per heavy atom. The van der Waals surface area contributed by atoms with Crippen LogP contribution in [0.1, 0.15) is 12.5 Å². The molecule has 0 aromatic heterocycles. The Kier molecular flexibility index (Phi) is 10.3. The largest absolute Gasteiger partial charge is 0.494 e. The lowest BCUT2D eigenvalue weighted by Gasteiger charge is -2.37. The molecule has 2 fully saturated rings. The van der Waals surface area contributed by atoms with Crippen molar-refractivity contribution in [2.75, 3.05) is 52.5 Å². The molecule has 0 radical (unpaired) electrons. The molecule has 1 aromatic rings. The fraction of sp³-hybridized carbons (Fsp3) is 0.611. The number of hydrogen-bond donors (Lipinski definition) is 1. The number of piperazine rings is 1. The van der Waals surface area contributed by atoms with Gasteiger partial charge in [-0.25, -0.2) is 0 Å². The quantitative estimate of drug-likeness (QED) is 0.805. The summed E-state index contributed by atoms with van der Waals surface area (Å²) in [5.41, 5.74) is 1.28. The molecule has 0 spiro atoms. The van der Waals surface area contributed by atoms with Gasteiger partial charge < -0.3 is 19.7 Å². The summed E-state index contributed by atoms with van der Waals surface area (Å²) in [4.78, 5) is 16.8. The standard InChI is InChI=1S/C18H27N3O3.2ClH/c1-2-23-16-5-3-15(4-6-16)14-20-8-10-21(11-9-20)18(22)17-13-19-7-12-24-17;;/h3-6,17,19H,2,7-14H2,1H3;2*1H. The lowest BCUT2D eigenvalue weighted by atomic mass is 10.1. The lowest BCUT2D eigenvalue weighted by molar-refractivity contribution is -0.147. The van der Waals surface area contributed by atoms with Crippen molar-refractivity contribution in [3.63, 3.8) is 0 Å². The third kappa shape index (κ3) is 6.28. The zero-order chi connectivity index (χ0) is 16.8. The Hall–Kier alpha value is -1.05. The van der Waals surface area contributed by atoms with Crippen molar-refractivity contribution >= 4 is 30.7 Å². The van der Waals surface area contributed by atoms with Crippen LogP contribution in [0.5, 0.6) is 5.75 Å². The molecule has 8 heteroatoms. The predicted octanol–water partition coefficient (Wildman–Crippen LogP) is 1.56. The van der Waals surface area contributed by atoms with Crippen molar-refractivity contribution in [2.24, 2.45) is 0 Å². The first-order chi connectivity index (χ1) is 11.8. The number of rotatable bonds is 5. The molecule has 1 aromatic carbocycles. The maximum Gasteiger partial charge on any atom is 0.253 e. The van der Waals surface area contributed by atoms with E-state index in [9.17, 15) is 4.79 Å². The number of nitrogens with one attached hydrogen (secondary N) is 1. The van der Waals surface area contributed by atoms with E-state index in [4.69, 9.17) is 9.47 Å². The molecular formula is C18H29Cl2N3O3. The third-order valence-electron chi connectivity index (χ3n) is 4.53. The molecule has 2 heterocycles. The average molecular weight is 406 g/mol. The van der Waals surface area contributed by atoms with E-state index in [0.29, 0.717) is 19.8 Å². The highest BCUT2D eigenvalue weighted by Gasteiger charge is 2.29. The van der Waals surface area contributed by atoms with Crippen molar-refractivity contribution in [3.8, 4) is 5.75 Å². The van der Waals surface area contributed by atoms with Gasteiger partial charge in [-0.3, -0.25) is 9.69 Å². The van der Waals surface area contributed by atoms with Crippen LogP contribution in [0.15, 0.2) is 24.3 Å². The van der Waals surface area contributed by atoms with E-state index < -0.39 is 0 Å². The Balaban J connectivity index is 0.00000169. The fourth-order valence-corrected chi connectivity index (χ4v) is 3.17. The van der Waals surface area contributed by atoms with Gasteiger partial charge in [0.2, 0.25) is 0 Å². The van der Waals surface area contributed by atoms with Crippen LogP contribution < -0.4 is 10.1 Å². The molecule has 0 saturated carbocycles. The van der Waals surface area contributed by atoms with Crippen LogP contribution >= 0.6 is 24.8 Å². The molecule has 2 saturated heterocycles. The number of morpholine rings is 1. The number of carbonyl (C=O) groups excluding carboxylic acids is 1. The molecule has 0 aliphatic carbocycles. The van der Waals surface area contributed by atoms with Crippen molar-refractivity contribution in [1.29, 1.82) is 0 Å². The number of halogens is 2. The normalized spacial score (nSPS) is 20.7. The van der Waals surface area contributed by atoms with E-state index in [1.807, 2.05) is 24.0 Å². The van der Waals surface area contributed by atoms with Gasteiger partial charge in [-0.05, 0) is 24.6 Å². The Labute approximate surface area is 168 Å². The van der Waals surface area contributed by atoms with Crippen LogP contribution in [-0.2, 0) is 16.1 Å². The monoisotopic (exact) mass is 405 g/mol. The Morgan fingerprint density at radius 2 is 1.88 bits per heavy atom. The van der Waals surface area contributed by atoms with Crippen LogP contribution in [0.4, 0.5) is 0 Å². The van der Waals surface area contributed by atoms with Crippen molar-refractivity contribution in [1.82, 2.24) is 15.1 Å². The zero-order valence-corrected chi connectivity index (χ0v) is 16.8. The number of hydrogen-bond acceptors (Lipinski definition) is 5. The minimum atomic E-state index is -0.309. The van der Waals surface area contributed by atoms with Gasteiger partial charge in [0.15, 0.2) is 0 Å². The summed E-state index contributed by atoms with van der Waals surface area (Å²) in [5.74, 6) is 1.04. The van der Waals surface area contributed by atoms with E-state index in [-0.39, 0.29) is 36.8 Å².